The van der Waals surface area contributed by atoms with Crippen molar-refractivity contribution in [3.63, 3.8) is 0 Å². The molecule has 0 radical (unpaired) electrons. The molecule has 1 atom stereocenters. The molecule has 130 valence electrons. The molecule has 0 spiro atoms. The van der Waals surface area contributed by atoms with Gasteiger partial charge in [-0.2, -0.15) is 0 Å². The minimum atomic E-state index is -0.792. The van der Waals surface area contributed by atoms with Crippen molar-refractivity contribution in [2.24, 2.45) is 0 Å². The standard InChI is InChI=1S/C19H19FN2O3/c1-3-25-14-8-9-17-15(10-14)18(21-12(2)23)19(24)22(17)11-13-6-4-5-7-16(13)20/h4-10,18H,3,11H2,1-2H3,(H,21,23). The third-order valence-corrected chi connectivity index (χ3v) is 4.06. The van der Waals surface area contributed by atoms with Crippen LogP contribution in [0.1, 0.15) is 31.0 Å². The van der Waals surface area contributed by atoms with Gasteiger partial charge in [0.1, 0.15) is 17.6 Å². The molecule has 2 aromatic rings. The van der Waals surface area contributed by atoms with Crippen molar-refractivity contribution in [2.45, 2.75) is 26.4 Å². The second-order valence-electron chi connectivity index (χ2n) is 5.80. The molecule has 1 N–H and O–H groups in total. The Kier molecular flexibility index (Phi) is 4.70. The maximum Gasteiger partial charge on any atom is 0.254 e. The number of amides is 2. The number of nitrogens with zero attached hydrogens (tertiary/aromatic N) is 1. The maximum atomic E-state index is 14.0. The molecule has 0 aliphatic carbocycles. The van der Waals surface area contributed by atoms with Crippen LogP contribution in [-0.4, -0.2) is 18.4 Å². The third-order valence-electron chi connectivity index (χ3n) is 4.06. The molecule has 2 amide bonds. The summed E-state index contributed by atoms with van der Waals surface area (Å²) in [6.07, 6.45) is 0. The van der Waals surface area contributed by atoms with Crippen LogP contribution in [0.5, 0.6) is 5.75 Å². The van der Waals surface area contributed by atoms with Gasteiger partial charge >= 0.3 is 0 Å². The minimum absolute atomic E-state index is 0.0998. The largest absolute Gasteiger partial charge is 0.494 e. The van der Waals surface area contributed by atoms with E-state index in [0.29, 0.717) is 29.2 Å². The lowest BCUT2D eigenvalue weighted by Gasteiger charge is -2.18. The second kappa shape index (κ2) is 6.93. The Morgan fingerprint density at radius 2 is 2.04 bits per heavy atom. The highest BCUT2D eigenvalue weighted by atomic mass is 19.1. The quantitative estimate of drug-likeness (QED) is 0.909. The summed E-state index contributed by atoms with van der Waals surface area (Å²) in [6.45, 7) is 3.83. The Bertz CT molecular complexity index is 822. The normalized spacial score (nSPS) is 15.9. The van der Waals surface area contributed by atoms with Crippen LogP contribution in [-0.2, 0) is 16.1 Å². The number of carbonyl (C=O) groups is 2. The highest BCUT2D eigenvalue weighted by Gasteiger charge is 2.38. The van der Waals surface area contributed by atoms with Crippen LogP contribution in [0, 0.1) is 5.82 Å². The van der Waals surface area contributed by atoms with Gasteiger partial charge in [0.05, 0.1) is 18.8 Å². The van der Waals surface area contributed by atoms with Gasteiger partial charge in [-0.25, -0.2) is 4.39 Å². The topological polar surface area (TPSA) is 58.6 Å². The first kappa shape index (κ1) is 17.0. The maximum absolute atomic E-state index is 14.0. The zero-order valence-corrected chi connectivity index (χ0v) is 14.1. The van der Waals surface area contributed by atoms with E-state index in [-0.39, 0.29) is 24.2 Å². The predicted octanol–water partition coefficient (Wildman–Crippen LogP) is 2.95. The number of benzene rings is 2. The van der Waals surface area contributed by atoms with E-state index in [4.69, 9.17) is 4.74 Å². The number of carbonyl (C=O) groups excluding carboxylic acids is 2. The number of ether oxygens (including phenoxy) is 1. The summed E-state index contributed by atoms with van der Waals surface area (Å²) < 4.78 is 19.5. The van der Waals surface area contributed by atoms with E-state index in [1.165, 1.54) is 17.9 Å². The van der Waals surface area contributed by atoms with E-state index >= 15 is 0 Å². The Hall–Kier alpha value is -2.89. The van der Waals surface area contributed by atoms with Gasteiger partial charge in [-0.1, -0.05) is 18.2 Å². The fourth-order valence-electron chi connectivity index (χ4n) is 2.98. The highest BCUT2D eigenvalue weighted by Crippen LogP contribution is 2.39. The smallest absolute Gasteiger partial charge is 0.254 e. The molecular formula is C19H19FN2O3. The average Bonchev–Trinajstić information content (AvgIpc) is 2.82. The molecule has 1 unspecified atom stereocenters. The van der Waals surface area contributed by atoms with Gasteiger partial charge in [-0.3, -0.25) is 9.59 Å². The summed E-state index contributed by atoms with van der Waals surface area (Å²) in [5.74, 6) is -0.344. The molecular weight excluding hydrogens is 323 g/mol. The van der Waals surface area contributed by atoms with Crippen molar-refractivity contribution >= 4 is 17.5 Å². The number of hydrogen-bond acceptors (Lipinski definition) is 3. The molecule has 1 aliphatic rings. The summed E-state index contributed by atoms with van der Waals surface area (Å²) in [7, 11) is 0. The molecule has 6 heteroatoms. The van der Waals surface area contributed by atoms with E-state index in [0.717, 1.165) is 0 Å². The van der Waals surface area contributed by atoms with E-state index < -0.39 is 6.04 Å². The van der Waals surface area contributed by atoms with Crippen LogP contribution in [0.4, 0.5) is 10.1 Å². The van der Waals surface area contributed by atoms with Gasteiger partial charge in [0.25, 0.3) is 5.91 Å². The zero-order valence-electron chi connectivity index (χ0n) is 14.1. The first-order valence-corrected chi connectivity index (χ1v) is 8.10. The molecule has 2 aromatic carbocycles. The summed E-state index contributed by atoms with van der Waals surface area (Å²) in [5, 5.41) is 2.67. The van der Waals surface area contributed by atoms with Crippen molar-refractivity contribution < 1.29 is 18.7 Å². The van der Waals surface area contributed by atoms with Crippen LogP contribution in [0.25, 0.3) is 0 Å². The van der Waals surface area contributed by atoms with E-state index in [1.807, 2.05) is 6.92 Å². The van der Waals surface area contributed by atoms with E-state index in [9.17, 15) is 14.0 Å². The molecule has 25 heavy (non-hydrogen) atoms. The molecule has 0 aromatic heterocycles. The monoisotopic (exact) mass is 342 g/mol. The lowest BCUT2D eigenvalue weighted by molar-refractivity contribution is -0.126. The fraction of sp³-hybridized carbons (Fsp3) is 0.263. The number of nitrogens with one attached hydrogen (secondary N) is 1. The minimum Gasteiger partial charge on any atom is -0.494 e. The lowest BCUT2D eigenvalue weighted by atomic mass is 10.1. The zero-order chi connectivity index (χ0) is 18.0. The summed E-state index contributed by atoms with van der Waals surface area (Å²) in [5.41, 5.74) is 1.72. The molecule has 1 aliphatic heterocycles. The van der Waals surface area contributed by atoms with Crippen molar-refractivity contribution in [1.82, 2.24) is 5.32 Å². The number of halogens is 1. The van der Waals surface area contributed by atoms with Gasteiger partial charge < -0.3 is 15.0 Å². The van der Waals surface area contributed by atoms with Crippen LogP contribution < -0.4 is 15.0 Å². The first-order chi connectivity index (χ1) is 12.0. The van der Waals surface area contributed by atoms with Crippen molar-refractivity contribution in [2.75, 3.05) is 11.5 Å². The second-order valence-corrected chi connectivity index (χ2v) is 5.80. The van der Waals surface area contributed by atoms with Crippen molar-refractivity contribution in [3.05, 3.63) is 59.4 Å². The van der Waals surface area contributed by atoms with Gasteiger partial charge in [-0.05, 0) is 31.2 Å². The van der Waals surface area contributed by atoms with Crippen LogP contribution >= 0.6 is 0 Å². The molecule has 0 fully saturated rings. The van der Waals surface area contributed by atoms with Crippen LogP contribution in [0.3, 0.4) is 0 Å². The van der Waals surface area contributed by atoms with E-state index in [1.54, 1.807) is 36.4 Å². The molecule has 3 rings (SSSR count). The fourth-order valence-corrected chi connectivity index (χ4v) is 2.98. The summed E-state index contributed by atoms with van der Waals surface area (Å²) in [4.78, 5) is 25.8. The number of rotatable bonds is 5. The highest BCUT2D eigenvalue weighted by molar-refractivity contribution is 6.06. The van der Waals surface area contributed by atoms with E-state index in [2.05, 4.69) is 5.32 Å². The van der Waals surface area contributed by atoms with Gasteiger partial charge in [-0.15, -0.1) is 0 Å². The van der Waals surface area contributed by atoms with Crippen molar-refractivity contribution in [1.29, 1.82) is 0 Å². The van der Waals surface area contributed by atoms with Gasteiger partial charge in [0, 0.05) is 18.1 Å². The molecule has 0 saturated carbocycles. The number of fused-ring (bicyclic) bond motifs is 1. The summed E-state index contributed by atoms with van der Waals surface area (Å²) in [6, 6.07) is 10.8. The van der Waals surface area contributed by atoms with Gasteiger partial charge in [0.2, 0.25) is 5.91 Å². The summed E-state index contributed by atoms with van der Waals surface area (Å²) >= 11 is 0. The average molecular weight is 342 g/mol. The Labute approximate surface area is 145 Å². The molecule has 0 bridgehead atoms. The first-order valence-electron chi connectivity index (χ1n) is 8.10. The molecule has 0 saturated heterocycles. The number of anilines is 1. The SMILES string of the molecule is CCOc1ccc2c(c1)C(NC(C)=O)C(=O)N2Cc1ccccc1F. The lowest BCUT2D eigenvalue weighted by Crippen LogP contribution is -2.36. The van der Waals surface area contributed by atoms with Crippen molar-refractivity contribution in [3.8, 4) is 5.75 Å². The Balaban J connectivity index is 1.99. The molecule has 5 nitrogen and oxygen atoms in total. The Morgan fingerprint density at radius 3 is 2.72 bits per heavy atom. The Morgan fingerprint density at radius 1 is 1.28 bits per heavy atom. The molecule has 1 heterocycles. The number of hydrogen-bond donors (Lipinski definition) is 1. The van der Waals surface area contributed by atoms with Crippen LogP contribution in [0.2, 0.25) is 0 Å². The third kappa shape index (κ3) is 3.33. The van der Waals surface area contributed by atoms with Gasteiger partial charge in [0.15, 0.2) is 0 Å². The predicted molar refractivity (Wildman–Crippen MR) is 91.8 cm³/mol. The van der Waals surface area contributed by atoms with Crippen LogP contribution in [0.15, 0.2) is 42.5 Å².